The molecule has 2 rings (SSSR count). The molecule has 1 aliphatic carbocycles. The summed E-state index contributed by atoms with van der Waals surface area (Å²) in [6.07, 6.45) is 6.76. The first-order valence-corrected chi connectivity index (χ1v) is 5.61. The molecule has 0 heterocycles. The van der Waals surface area contributed by atoms with Crippen LogP contribution in [0.25, 0.3) is 0 Å². The molecule has 1 aromatic rings. The van der Waals surface area contributed by atoms with Crippen molar-refractivity contribution in [2.24, 2.45) is 5.92 Å². The SMILES string of the molecule is N#CC1CC[CH-]CC1.[Au+3].[CH2-]c1ccc(N)cc1.[CH3-]. The number of nitrogens with zero attached hydrogens (tertiary/aromatic N) is 1. The topological polar surface area (TPSA) is 49.8 Å². The fraction of sp³-hybridized carbons (Fsp3) is 0.333. The summed E-state index contributed by atoms with van der Waals surface area (Å²) in [6, 6.07) is 9.72. The summed E-state index contributed by atoms with van der Waals surface area (Å²) in [5.41, 5.74) is 7.19. The van der Waals surface area contributed by atoms with Crippen LogP contribution in [-0.2, 0) is 22.4 Å². The molecule has 102 valence electrons. The van der Waals surface area contributed by atoms with Gasteiger partial charge in [0.1, 0.15) is 0 Å². The molecule has 2 nitrogen and oxygen atoms in total. The average molecular weight is 426 g/mol. The van der Waals surface area contributed by atoms with Crippen molar-refractivity contribution in [1.29, 1.82) is 5.26 Å². The van der Waals surface area contributed by atoms with Gasteiger partial charge in [0, 0.05) is 11.6 Å². The number of hydrogen-bond donors (Lipinski definition) is 1. The summed E-state index contributed by atoms with van der Waals surface area (Å²) in [7, 11) is 0. The number of nitrogen functional groups attached to an aromatic ring is 1. The van der Waals surface area contributed by atoms with Gasteiger partial charge in [0.05, 0.1) is 6.07 Å². The predicted molar refractivity (Wildman–Crippen MR) is 73.6 cm³/mol. The van der Waals surface area contributed by atoms with Gasteiger partial charge in [-0.3, -0.25) is 0 Å². The Morgan fingerprint density at radius 1 is 1.22 bits per heavy atom. The predicted octanol–water partition coefficient (Wildman–Crippen LogP) is 3.80. The van der Waals surface area contributed by atoms with Crippen LogP contribution in [0.5, 0.6) is 0 Å². The van der Waals surface area contributed by atoms with E-state index in [1.807, 2.05) is 24.3 Å². The van der Waals surface area contributed by atoms with Gasteiger partial charge in [-0.15, -0.1) is 0 Å². The molecular weight excluding hydrogens is 405 g/mol. The van der Waals surface area contributed by atoms with E-state index in [0.29, 0.717) is 5.92 Å². The van der Waals surface area contributed by atoms with Crippen molar-refractivity contribution in [3.63, 3.8) is 0 Å². The number of nitriles is 1. The van der Waals surface area contributed by atoms with Crippen molar-refractivity contribution >= 4 is 5.69 Å². The second-order valence-electron chi connectivity index (χ2n) is 4.01. The summed E-state index contributed by atoms with van der Waals surface area (Å²) in [5.74, 6) is 0.361. The van der Waals surface area contributed by atoms with Crippen LogP contribution in [0.2, 0.25) is 0 Å². The molecule has 0 saturated heterocycles. The second kappa shape index (κ2) is 11.2. The maximum atomic E-state index is 8.43. The Morgan fingerprint density at radius 3 is 2.06 bits per heavy atom. The van der Waals surface area contributed by atoms with Crippen molar-refractivity contribution in [3.8, 4) is 6.07 Å². The molecule has 0 aliphatic heterocycles. The first-order valence-electron chi connectivity index (χ1n) is 5.61. The second-order valence-corrected chi connectivity index (χ2v) is 4.01. The molecule has 0 atom stereocenters. The molecule has 18 heavy (non-hydrogen) atoms. The van der Waals surface area contributed by atoms with E-state index in [4.69, 9.17) is 11.0 Å². The van der Waals surface area contributed by atoms with E-state index in [9.17, 15) is 0 Å². The fourth-order valence-electron chi connectivity index (χ4n) is 1.57. The van der Waals surface area contributed by atoms with Crippen molar-refractivity contribution in [2.45, 2.75) is 25.7 Å². The zero-order valence-corrected chi connectivity index (χ0v) is 13.0. The van der Waals surface area contributed by atoms with Crippen LogP contribution in [0, 0.1) is 38.0 Å². The molecule has 1 aliphatic rings. The van der Waals surface area contributed by atoms with Crippen LogP contribution in [0.3, 0.4) is 0 Å². The van der Waals surface area contributed by atoms with Crippen LogP contribution in [-0.4, -0.2) is 0 Å². The summed E-state index contributed by atoms with van der Waals surface area (Å²) >= 11 is 0. The number of rotatable bonds is 0. The van der Waals surface area contributed by atoms with Gasteiger partial charge in [0.25, 0.3) is 0 Å². The van der Waals surface area contributed by atoms with Crippen LogP contribution in [0.4, 0.5) is 5.69 Å². The molecule has 0 unspecified atom stereocenters. The van der Waals surface area contributed by atoms with Gasteiger partial charge < -0.3 is 19.6 Å². The van der Waals surface area contributed by atoms with Gasteiger partial charge in [0.15, 0.2) is 0 Å². The largest absolute Gasteiger partial charge is 3.00 e. The smallest absolute Gasteiger partial charge is 0.400 e. The maximum Gasteiger partial charge on any atom is 3.00 e. The molecule has 0 bridgehead atoms. The van der Waals surface area contributed by atoms with Crippen molar-refractivity contribution < 1.29 is 22.4 Å². The Bertz CT molecular complexity index is 314. The molecule has 0 amide bonds. The third kappa shape index (κ3) is 8.25. The van der Waals surface area contributed by atoms with Crippen LogP contribution >= 0.6 is 0 Å². The number of nitrogens with two attached hydrogens (primary N) is 1. The van der Waals surface area contributed by atoms with E-state index in [-0.39, 0.29) is 29.8 Å². The van der Waals surface area contributed by atoms with Crippen molar-refractivity contribution in [2.75, 3.05) is 5.73 Å². The van der Waals surface area contributed by atoms with E-state index in [2.05, 4.69) is 19.4 Å². The third-order valence-corrected chi connectivity index (χ3v) is 2.60. The molecule has 1 aromatic carbocycles. The van der Waals surface area contributed by atoms with Gasteiger partial charge in [0.2, 0.25) is 0 Å². The van der Waals surface area contributed by atoms with E-state index < -0.39 is 0 Å². The minimum atomic E-state index is 0. The third-order valence-electron chi connectivity index (χ3n) is 2.60. The number of anilines is 1. The maximum absolute atomic E-state index is 8.43. The minimum Gasteiger partial charge on any atom is -0.400 e. The molecule has 0 aromatic heterocycles. The number of hydrogen-bond acceptors (Lipinski definition) is 2. The Hall–Kier alpha value is -0.880. The molecular formula is C15H21AuN2. The zero-order chi connectivity index (χ0) is 11.8. The summed E-state index contributed by atoms with van der Waals surface area (Å²) in [4.78, 5) is 0. The standard InChI is InChI=1S/C7H8N.C7H10N.CH3.Au/c1-6-2-4-7(8)5-3-6;8-6-7-4-2-1-3-5-7;;/h2-5H,1,8H2;1,7H,2-5H2;1H3;/q3*-1;+3. The average Bonchev–Trinajstić information content (AvgIpc) is 2.35. The first kappa shape index (κ1) is 19.5. The van der Waals surface area contributed by atoms with E-state index >= 15 is 0 Å². The molecule has 1 saturated carbocycles. The monoisotopic (exact) mass is 426 g/mol. The molecule has 2 N–H and O–H groups in total. The fourth-order valence-corrected chi connectivity index (χ4v) is 1.57. The Labute approximate surface area is 127 Å². The number of benzene rings is 1. The van der Waals surface area contributed by atoms with Crippen molar-refractivity contribution in [3.05, 3.63) is 50.6 Å². The van der Waals surface area contributed by atoms with E-state index in [1.165, 1.54) is 0 Å². The van der Waals surface area contributed by atoms with Gasteiger partial charge in [-0.1, -0.05) is 25.0 Å². The normalized spacial score (nSPS) is 13.9. The Balaban J connectivity index is 0. The Kier molecular flexibility index (Phi) is 12.1. The zero-order valence-electron chi connectivity index (χ0n) is 10.8. The molecule has 0 radical (unpaired) electrons. The van der Waals surface area contributed by atoms with Gasteiger partial charge in [-0.25, -0.2) is 0 Å². The van der Waals surface area contributed by atoms with Gasteiger partial charge in [-0.2, -0.15) is 42.7 Å². The summed E-state index contributed by atoms with van der Waals surface area (Å²) < 4.78 is 0. The molecule has 1 fully saturated rings. The quantitative estimate of drug-likeness (QED) is 0.390. The van der Waals surface area contributed by atoms with Gasteiger partial charge >= 0.3 is 22.4 Å². The minimum absolute atomic E-state index is 0. The Morgan fingerprint density at radius 2 is 1.72 bits per heavy atom. The van der Waals surface area contributed by atoms with Crippen molar-refractivity contribution in [1.82, 2.24) is 0 Å². The summed E-state index contributed by atoms with van der Waals surface area (Å²) in [5, 5.41) is 8.43. The first-order chi connectivity index (χ1) is 7.72. The molecule has 0 spiro atoms. The van der Waals surface area contributed by atoms with Crippen LogP contribution in [0.15, 0.2) is 24.3 Å². The molecule has 3 heteroatoms. The summed E-state index contributed by atoms with van der Waals surface area (Å²) in [6.45, 7) is 3.71. The van der Waals surface area contributed by atoms with Gasteiger partial charge in [-0.05, 0) is 0 Å². The van der Waals surface area contributed by atoms with Crippen LogP contribution < -0.4 is 5.73 Å². The van der Waals surface area contributed by atoms with Crippen LogP contribution in [0.1, 0.15) is 31.2 Å². The van der Waals surface area contributed by atoms with E-state index in [1.54, 1.807) is 0 Å². The van der Waals surface area contributed by atoms with E-state index in [0.717, 1.165) is 36.9 Å².